The number of amides is 1. The third kappa shape index (κ3) is 3.81. The van der Waals surface area contributed by atoms with Crippen molar-refractivity contribution in [3.05, 3.63) is 54.4 Å². The standard InChI is InChI=1S/C15H16N2O2/c1-19-14-7-3-2-6-13(14)17-15(18)9-8-12-5-4-10-16-11-12/h2-7,10-11H,8-9H2,1H3,(H,17,18). The van der Waals surface area contributed by atoms with Crippen molar-refractivity contribution < 1.29 is 9.53 Å². The number of hydrogen-bond donors (Lipinski definition) is 1. The van der Waals surface area contributed by atoms with Gasteiger partial charge in [-0.1, -0.05) is 18.2 Å². The van der Waals surface area contributed by atoms with Crippen LogP contribution in [0.2, 0.25) is 0 Å². The van der Waals surface area contributed by atoms with E-state index in [-0.39, 0.29) is 5.91 Å². The Morgan fingerprint density at radius 3 is 2.84 bits per heavy atom. The summed E-state index contributed by atoms with van der Waals surface area (Å²) in [4.78, 5) is 15.9. The molecule has 0 radical (unpaired) electrons. The fraction of sp³-hybridized carbons (Fsp3) is 0.200. The molecule has 0 spiro atoms. The zero-order valence-corrected chi connectivity index (χ0v) is 10.8. The Kier molecular flexibility index (Phi) is 4.50. The van der Waals surface area contributed by atoms with E-state index >= 15 is 0 Å². The van der Waals surface area contributed by atoms with Gasteiger partial charge in [0.25, 0.3) is 0 Å². The van der Waals surface area contributed by atoms with E-state index in [2.05, 4.69) is 10.3 Å². The number of nitrogens with one attached hydrogen (secondary N) is 1. The maximum atomic E-state index is 11.9. The fourth-order valence-corrected chi connectivity index (χ4v) is 1.76. The van der Waals surface area contributed by atoms with Crippen LogP contribution in [0.25, 0.3) is 0 Å². The molecule has 1 aromatic carbocycles. The molecule has 0 saturated heterocycles. The van der Waals surface area contributed by atoms with Crippen molar-refractivity contribution in [1.29, 1.82) is 0 Å². The summed E-state index contributed by atoms with van der Waals surface area (Å²) in [6, 6.07) is 11.2. The first-order chi connectivity index (χ1) is 9.29. The van der Waals surface area contributed by atoms with Crippen molar-refractivity contribution in [2.24, 2.45) is 0 Å². The molecule has 0 saturated carbocycles. The molecule has 0 atom stereocenters. The molecule has 98 valence electrons. The Labute approximate surface area is 112 Å². The summed E-state index contributed by atoms with van der Waals surface area (Å²) in [6.45, 7) is 0. The molecule has 1 N–H and O–H groups in total. The Bertz CT molecular complexity index is 541. The highest BCUT2D eigenvalue weighted by Crippen LogP contribution is 2.23. The molecule has 19 heavy (non-hydrogen) atoms. The highest BCUT2D eigenvalue weighted by Gasteiger charge is 2.06. The lowest BCUT2D eigenvalue weighted by atomic mass is 10.1. The number of anilines is 1. The van der Waals surface area contributed by atoms with Crippen LogP contribution in [0.15, 0.2) is 48.8 Å². The van der Waals surface area contributed by atoms with Crippen LogP contribution in [0, 0.1) is 0 Å². The molecule has 0 aliphatic rings. The van der Waals surface area contributed by atoms with E-state index in [1.165, 1.54) is 0 Å². The molecular formula is C15H16N2O2. The van der Waals surface area contributed by atoms with Crippen LogP contribution in [0.4, 0.5) is 5.69 Å². The average molecular weight is 256 g/mol. The van der Waals surface area contributed by atoms with E-state index in [1.54, 1.807) is 19.5 Å². The molecule has 1 heterocycles. The number of carbonyl (C=O) groups excluding carboxylic acids is 1. The van der Waals surface area contributed by atoms with Gasteiger partial charge in [0.2, 0.25) is 5.91 Å². The minimum Gasteiger partial charge on any atom is -0.495 e. The molecule has 1 aromatic heterocycles. The highest BCUT2D eigenvalue weighted by molar-refractivity contribution is 5.92. The van der Waals surface area contributed by atoms with Crippen molar-refractivity contribution in [3.8, 4) is 5.75 Å². The van der Waals surface area contributed by atoms with E-state index in [0.717, 1.165) is 5.56 Å². The number of benzene rings is 1. The van der Waals surface area contributed by atoms with E-state index in [4.69, 9.17) is 4.74 Å². The molecule has 0 fully saturated rings. The van der Waals surface area contributed by atoms with Gasteiger partial charge in [-0.3, -0.25) is 9.78 Å². The number of nitrogens with zero attached hydrogens (tertiary/aromatic N) is 1. The fourth-order valence-electron chi connectivity index (χ4n) is 1.76. The van der Waals surface area contributed by atoms with Crippen LogP contribution in [-0.4, -0.2) is 18.0 Å². The second-order valence-electron chi connectivity index (χ2n) is 4.11. The van der Waals surface area contributed by atoms with Crippen molar-refractivity contribution in [1.82, 2.24) is 4.98 Å². The predicted molar refractivity (Wildman–Crippen MR) is 74.2 cm³/mol. The molecule has 0 aliphatic heterocycles. The Morgan fingerprint density at radius 1 is 1.26 bits per heavy atom. The Balaban J connectivity index is 1.91. The monoisotopic (exact) mass is 256 g/mol. The van der Waals surface area contributed by atoms with E-state index in [9.17, 15) is 4.79 Å². The van der Waals surface area contributed by atoms with Gasteiger partial charge in [0.1, 0.15) is 5.75 Å². The summed E-state index contributed by atoms with van der Waals surface area (Å²) in [5, 5.41) is 2.85. The van der Waals surface area contributed by atoms with Gasteiger partial charge in [-0.25, -0.2) is 0 Å². The van der Waals surface area contributed by atoms with Gasteiger partial charge in [0.05, 0.1) is 12.8 Å². The molecule has 4 heteroatoms. The Hall–Kier alpha value is -2.36. The average Bonchev–Trinajstić information content (AvgIpc) is 2.47. The molecule has 2 rings (SSSR count). The number of aryl methyl sites for hydroxylation is 1. The van der Waals surface area contributed by atoms with Gasteiger partial charge >= 0.3 is 0 Å². The first-order valence-electron chi connectivity index (χ1n) is 6.11. The van der Waals surface area contributed by atoms with Crippen molar-refractivity contribution in [2.75, 3.05) is 12.4 Å². The maximum absolute atomic E-state index is 11.9. The first-order valence-corrected chi connectivity index (χ1v) is 6.11. The van der Waals surface area contributed by atoms with Crippen LogP contribution in [0.3, 0.4) is 0 Å². The van der Waals surface area contributed by atoms with E-state index in [0.29, 0.717) is 24.3 Å². The molecule has 2 aromatic rings. The third-order valence-corrected chi connectivity index (χ3v) is 2.74. The van der Waals surface area contributed by atoms with Crippen LogP contribution in [0.1, 0.15) is 12.0 Å². The lowest BCUT2D eigenvalue weighted by molar-refractivity contribution is -0.116. The number of rotatable bonds is 5. The van der Waals surface area contributed by atoms with E-state index < -0.39 is 0 Å². The van der Waals surface area contributed by atoms with Crippen LogP contribution in [-0.2, 0) is 11.2 Å². The van der Waals surface area contributed by atoms with Crippen LogP contribution < -0.4 is 10.1 Å². The van der Waals surface area contributed by atoms with Crippen molar-refractivity contribution >= 4 is 11.6 Å². The van der Waals surface area contributed by atoms with Gasteiger partial charge in [-0.15, -0.1) is 0 Å². The quantitative estimate of drug-likeness (QED) is 0.894. The smallest absolute Gasteiger partial charge is 0.224 e. The predicted octanol–water partition coefficient (Wildman–Crippen LogP) is 2.66. The third-order valence-electron chi connectivity index (χ3n) is 2.74. The second-order valence-corrected chi connectivity index (χ2v) is 4.11. The minimum atomic E-state index is -0.0339. The number of carbonyl (C=O) groups is 1. The molecule has 1 amide bonds. The summed E-state index contributed by atoms with van der Waals surface area (Å²) in [6.07, 6.45) is 4.59. The van der Waals surface area contributed by atoms with Gasteiger partial charge in [0.15, 0.2) is 0 Å². The number of hydrogen-bond acceptors (Lipinski definition) is 3. The zero-order valence-electron chi connectivity index (χ0n) is 10.8. The summed E-state index contributed by atoms with van der Waals surface area (Å²) < 4.78 is 5.18. The molecule has 0 unspecified atom stereocenters. The van der Waals surface area contributed by atoms with Crippen molar-refractivity contribution in [2.45, 2.75) is 12.8 Å². The van der Waals surface area contributed by atoms with Crippen molar-refractivity contribution in [3.63, 3.8) is 0 Å². The first kappa shape index (κ1) is 13.1. The van der Waals surface area contributed by atoms with Gasteiger partial charge < -0.3 is 10.1 Å². The maximum Gasteiger partial charge on any atom is 0.224 e. The minimum absolute atomic E-state index is 0.0339. The lowest BCUT2D eigenvalue weighted by Gasteiger charge is -2.09. The number of pyridine rings is 1. The SMILES string of the molecule is COc1ccccc1NC(=O)CCc1cccnc1. The summed E-state index contributed by atoms with van der Waals surface area (Å²) in [5.41, 5.74) is 1.75. The molecule has 0 bridgehead atoms. The molecule has 0 aliphatic carbocycles. The zero-order chi connectivity index (χ0) is 13.5. The summed E-state index contributed by atoms with van der Waals surface area (Å²) in [7, 11) is 1.58. The second kappa shape index (κ2) is 6.54. The topological polar surface area (TPSA) is 51.2 Å². The number of methoxy groups -OCH3 is 1. The summed E-state index contributed by atoms with van der Waals surface area (Å²) >= 11 is 0. The van der Waals surface area contributed by atoms with Gasteiger partial charge in [-0.2, -0.15) is 0 Å². The molecule has 4 nitrogen and oxygen atoms in total. The largest absolute Gasteiger partial charge is 0.495 e. The van der Waals surface area contributed by atoms with E-state index in [1.807, 2.05) is 36.4 Å². The van der Waals surface area contributed by atoms with Crippen LogP contribution in [0.5, 0.6) is 5.75 Å². The highest BCUT2D eigenvalue weighted by atomic mass is 16.5. The lowest BCUT2D eigenvalue weighted by Crippen LogP contribution is -2.13. The van der Waals surface area contributed by atoms with Gasteiger partial charge in [0, 0.05) is 18.8 Å². The number of ether oxygens (including phenoxy) is 1. The van der Waals surface area contributed by atoms with Crippen LogP contribution >= 0.6 is 0 Å². The molecular weight excluding hydrogens is 240 g/mol. The number of aromatic nitrogens is 1. The normalized spacial score (nSPS) is 9.95. The number of para-hydroxylation sites is 2. The Morgan fingerprint density at radius 2 is 2.11 bits per heavy atom. The van der Waals surface area contributed by atoms with Gasteiger partial charge in [-0.05, 0) is 30.2 Å². The summed E-state index contributed by atoms with van der Waals surface area (Å²) in [5.74, 6) is 0.630.